The second kappa shape index (κ2) is 6.11. The Kier molecular flexibility index (Phi) is 4.63. The Hall–Kier alpha value is -1.47. The number of hydrogen-bond acceptors (Lipinski definition) is 4. The molecule has 0 aromatic heterocycles. The molecule has 1 aromatic carbocycles. The van der Waals surface area contributed by atoms with E-state index in [1.807, 2.05) is 0 Å². The molecule has 2 N–H and O–H groups in total. The number of benzene rings is 1. The van der Waals surface area contributed by atoms with Crippen LogP contribution >= 0.6 is 0 Å². The maximum Gasteiger partial charge on any atom is 0.226 e. The van der Waals surface area contributed by atoms with Crippen molar-refractivity contribution in [1.29, 1.82) is 0 Å². The van der Waals surface area contributed by atoms with Crippen LogP contribution in [0.5, 0.6) is 0 Å². The highest BCUT2D eigenvalue weighted by Crippen LogP contribution is 2.18. The normalized spacial score (nSPS) is 20.5. The van der Waals surface area contributed by atoms with Gasteiger partial charge in [-0.1, -0.05) is 6.92 Å². The molecule has 1 aliphatic rings. The zero-order valence-corrected chi connectivity index (χ0v) is 12.6. The average molecular weight is 314 g/mol. The van der Waals surface area contributed by atoms with Crippen LogP contribution in [0.4, 0.5) is 4.39 Å². The highest BCUT2D eigenvalue weighted by molar-refractivity contribution is 7.91. The van der Waals surface area contributed by atoms with Gasteiger partial charge in [0, 0.05) is 25.0 Å². The van der Waals surface area contributed by atoms with E-state index in [1.165, 1.54) is 12.1 Å². The van der Waals surface area contributed by atoms with Crippen molar-refractivity contribution in [2.24, 2.45) is 11.7 Å². The topological polar surface area (TPSA) is 80.5 Å². The summed E-state index contributed by atoms with van der Waals surface area (Å²) < 4.78 is 37.3. The predicted octanol–water partition coefficient (Wildman–Crippen LogP) is 0.795. The number of carbonyl (C=O) groups excluding carboxylic acids is 1. The lowest BCUT2D eigenvalue weighted by Gasteiger charge is -2.20. The lowest BCUT2D eigenvalue weighted by atomic mass is 10.2. The third kappa shape index (κ3) is 3.79. The van der Waals surface area contributed by atoms with Gasteiger partial charge in [0.05, 0.1) is 10.6 Å². The van der Waals surface area contributed by atoms with E-state index < -0.39 is 21.6 Å². The summed E-state index contributed by atoms with van der Waals surface area (Å²) in [5, 5.41) is 0. The Morgan fingerprint density at radius 3 is 2.57 bits per heavy atom. The first-order valence-electron chi connectivity index (χ1n) is 6.82. The second-order valence-electron chi connectivity index (χ2n) is 5.47. The summed E-state index contributed by atoms with van der Waals surface area (Å²) in [7, 11) is -3.61. The Balaban J connectivity index is 2.05. The van der Waals surface area contributed by atoms with Crippen molar-refractivity contribution in [1.82, 2.24) is 4.90 Å². The third-order valence-electron chi connectivity index (χ3n) is 3.60. The van der Waals surface area contributed by atoms with E-state index in [2.05, 4.69) is 0 Å². The van der Waals surface area contributed by atoms with Gasteiger partial charge in [-0.3, -0.25) is 4.79 Å². The van der Waals surface area contributed by atoms with Gasteiger partial charge in [0.2, 0.25) is 5.91 Å². The summed E-state index contributed by atoms with van der Waals surface area (Å²) >= 11 is 0. The molecule has 1 heterocycles. The van der Waals surface area contributed by atoms with Crippen molar-refractivity contribution >= 4 is 15.7 Å². The number of likely N-dealkylation sites (tertiary alicyclic amines) is 1. The molecule has 2 rings (SSSR count). The van der Waals surface area contributed by atoms with Crippen molar-refractivity contribution in [3.63, 3.8) is 0 Å². The summed E-state index contributed by atoms with van der Waals surface area (Å²) in [6.07, 6.45) is 0.739. The van der Waals surface area contributed by atoms with Crippen LogP contribution in [-0.2, 0) is 14.6 Å². The number of amides is 1. The van der Waals surface area contributed by atoms with E-state index in [0.29, 0.717) is 13.1 Å². The van der Waals surface area contributed by atoms with Crippen molar-refractivity contribution in [2.45, 2.75) is 24.3 Å². The summed E-state index contributed by atoms with van der Waals surface area (Å²) in [5.74, 6) is -1.63. The van der Waals surface area contributed by atoms with E-state index in [-0.39, 0.29) is 22.6 Å². The molecule has 5 nitrogen and oxygen atoms in total. The average Bonchev–Trinajstić information content (AvgIpc) is 2.84. The highest BCUT2D eigenvalue weighted by atomic mass is 32.2. The molecule has 2 atom stereocenters. The smallest absolute Gasteiger partial charge is 0.226 e. The third-order valence-corrected chi connectivity index (χ3v) is 5.53. The van der Waals surface area contributed by atoms with Crippen LogP contribution in [0.2, 0.25) is 0 Å². The second-order valence-corrected chi connectivity index (χ2v) is 7.50. The van der Waals surface area contributed by atoms with Gasteiger partial charge in [-0.05, 0) is 30.7 Å². The van der Waals surface area contributed by atoms with Gasteiger partial charge in [0.1, 0.15) is 5.82 Å². The van der Waals surface area contributed by atoms with Crippen LogP contribution in [0.3, 0.4) is 0 Å². The summed E-state index contributed by atoms with van der Waals surface area (Å²) in [4.78, 5) is 13.8. The van der Waals surface area contributed by atoms with E-state index in [4.69, 9.17) is 5.73 Å². The largest absolute Gasteiger partial charge is 0.341 e. The summed E-state index contributed by atoms with van der Waals surface area (Å²) in [6, 6.07) is 4.59. The maximum atomic E-state index is 12.8. The van der Waals surface area contributed by atoms with E-state index >= 15 is 0 Å². The van der Waals surface area contributed by atoms with Crippen LogP contribution in [-0.4, -0.2) is 44.1 Å². The van der Waals surface area contributed by atoms with Crippen LogP contribution in [0.1, 0.15) is 13.3 Å². The lowest BCUT2D eigenvalue weighted by Crippen LogP contribution is -2.37. The van der Waals surface area contributed by atoms with E-state index in [0.717, 1.165) is 18.6 Å². The molecule has 1 aromatic rings. The first-order chi connectivity index (χ1) is 9.79. The number of hydrogen-bond donors (Lipinski definition) is 1. The number of nitrogens with zero attached hydrogens (tertiary/aromatic N) is 1. The molecule has 116 valence electrons. The predicted molar refractivity (Wildman–Crippen MR) is 76.8 cm³/mol. The Morgan fingerprint density at radius 1 is 1.43 bits per heavy atom. The quantitative estimate of drug-likeness (QED) is 0.834. The molecule has 1 aliphatic heterocycles. The Bertz CT molecular complexity index is 616. The van der Waals surface area contributed by atoms with Gasteiger partial charge < -0.3 is 10.6 Å². The number of carbonyl (C=O) groups is 1. The number of nitrogens with two attached hydrogens (primary N) is 1. The molecule has 0 aliphatic carbocycles. The van der Waals surface area contributed by atoms with Gasteiger partial charge in [0.15, 0.2) is 9.84 Å². The van der Waals surface area contributed by atoms with Gasteiger partial charge in [-0.15, -0.1) is 0 Å². The number of sulfone groups is 1. The minimum atomic E-state index is -3.61. The van der Waals surface area contributed by atoms with Gasteiger partial charge in [-0.2, -0.15) is 0 Å². The van der Waals surface area contributed by atoms with Crippen molar-refractivity contribution in [3.8, 4) is 0 Å². The fourth-order valence-corrected chi connectivity index (χ4v) is 3.98. The SMILES string of the molecule is CC(CS(=O)(=O)c1ccc(F)cc1)C(=O)N1CCC(N)C1. The first-order valence-corrected chi connectivity index (χ1v) is 8.47. The van der Waals surface area contributed by atoms with Crippen molar-refractivity contribution < 1.29 is 17.6 Å². The lowest BCUT2D eigenvalue weighted by molar-refractivity contribution is -0.133. The van der Waals surface area contributed by atoms with Gasteiger partial charge in [-0.25, -0.2) is 12.8 Å². The molecule has 0 spiro atoms. The molecule has 1 fully saturated rings. The molecular weight excluding hydrogens is 295 g/mol. The molecule has 7 heteroatoms. The molecule has 0 bridgehead atoms. The van der Waals surface area contributed by atoms with Gasteiger partial charge >= 0.3 is 0 Å². The van der Waals surface area contributed by atoms with Crippen LogP contribution in [0, 0.1) is 11.7 Å². The van der Waals surface area contributed by atoms with Crippen LogP contribution in [0.25, 0.3) is 0 Å². The zero-order valence-electron chi connectivity index (χ0n) is 11.8. The Labute approximate surface area is 123 Å². The van der Waals surface area contributed by atoms with Gasteiger partial charge in [0.25, 0.3) is 0 Å². The fraction of sp³-hybridized carbons (Fsp3) is 0.500. The maximum absolute atomic E-state index is 12.8. The fourth-order valence-electron chi connectivity index (χ4n) is 2.44. The molecule has 1 amide bonds. The number of rotatable bonds is 4. The van der Waals surface area contributed by atoms with E-state index in [9.17, 15) is 17.6 Å². The molecule has 0 radical (unpaired) electrons. The molecule has 21 heavy (non-hydrogen) atoms. The zero-order chi connectivity index (χ0) is 15.6. The van der Waals surface area contributed by atoms with Crippen molar-refractivity contribution in [3.05, 3.63) is 30.1 Å². The van der Waals surface area contributed by atoms with Crippen molar-refractivity contribution in [2.75, 3.05) is 18.8 Å². The van der Waals surface area contributed by atoms with Crippen LogP contribution < -0.4 is 5.73 Å². The summed E-state index contributed by atoms with van der Waals surface area (Å²) in [6.45, 7) is 2.63. The molecular formula is C14H19FN2O3S. The standard InChI is InChI=1S/C14H19FN2O3S/c1-10(14(18)17-7-6-12(16)8-17)9-21(19,20)13-4-2-11(15)3-5-13/h2-5,10,12H,6-9,16H2,1H3. The molecule has 0 saturated carbocycles. The number of halogens is 1. The Morgan fingerprint density at radius 2 is 2.05 bits per heavy atom. The highest BCUT2D eigenvalue weighted by Gasteiger charge is 2.30. The minimum absolute atomic E-state index is 0.0293. The minimum Gasteiger partial charge on any atom is -0.341 e. The monoisotopic (exact) mass is 314 g/mol. The van der Waals surface area contributed by atoms with E-state index in [1.54, 1.807) is 11.8 Å². The molecule has 1 saturated heterocycles. The summed E-state index contributed by atoms with van der Waals surface area (Å²) in [5.41, 5.74) is 5.75. The first kappa shape index (κ1) is 15.9. The molecule has 2 unspecified atom stereocenters. The van der Waals surface area contributed by atoms with Crippen LogP contribution in [0.15, 0.2) is 29.2 Å².